The first kappa shape index (κ1) is 13.1. The zero-order valence-electron chi connectivity index (χ0n) is 11.4. The van der Waals surface area contributed by atoms with Crippen LogP contribution in [0.25, 0.3) is 11.1 Å². The number of piperidine rings is 1. The van der Waals surface area contributed by atoms with Gasteiger partial charge in [-0.3, -0.25) is 4.79 Å². The number of likely N-dealkylation sites (tertiary alicyclic amines) is 1. The smallest absolute Gasteiger partial charge is 0.257 e. The summed E-state index contributed by atoms with van der Waals surface area (Å²) >= 11 is 0. The van der Waals surface area contributed by atoms with Crippen LogP contribution in [-0.4, -0.2) is 45.8 Å². The highest BCUT2D eigenvalue weighted by Crippen LogP contribution is 2.21. The van der Waals surface area contributed by atoms with Crippen molar-refractivity contribution in [3.05, 3.63) is 23.5 Å². The minimum absolute atomic E-state index is 0.0172. The third-order valence-electron chi connectivity index (χ3n) is 3.92. The fourth-order valence-corrected chi connectivity index (χ4v) is 2.56. The van der Waals surface area contributed by atoms with Crippen LogP contribution in [0.2, 0.25) is 0 Å². The molecule has 0 bridgehead atoms. The SMILES string of the molecule is Cc1noc2ncc(C(=O)N3CCC(CO)CC3)cc12. The lowest BCUT2D eigenvalue weighted by Gasteiger charge is -2.31. The largest absolute Gasteiger partial charge is 0.396 e. The van der Waals surface area contributed by atoms with Crippen LogP contribution in [0.1, 0.15) is 28.9 Å². The number of hydrogen-bond acceptors (Lipinski definition) is 5. The monoisotopic (exact) mass is 275 g/mol. The summed E-state index contributed by atoms with van der Waals surface area (Å²) in [6.45, 7) is 3.40. The maximum atomic E-state index is 12.4. The topological polar surface area (TPSA) is 79.5 Å². The van der Waals surface area contributed by atoms with Gasteiger partial charge in [0, 0.05) is 25.9 Å². The highest BCUT2D eigenvalue weighted by molar-refractivity contribution is 5.97. The molecule has 0 unspecified atom stereocenters. The number of aromatic nitrogens is 2. The second-order valence-electron chi connectivity index (χ2n) is 5.26. The van der Waals surface area contributed by atoms with Crippen LogP contribution in [0.5, 0.6) is 0 Å². The van der Waals surface area contributed by atoms with Gasteiger partial charge in [0.15, 0.2) is 0 Å². The number of hydrogen-bond donors (Lipinski definition) is 1. The predicted octanol–water partition coefficient (Wildman–Crippen LogP) is 1.38. The van der Waals surface area contributed by atoms with Gasteiger partial charge in [-0.25, -0.2) is 4.98 Å². The number of carbonyl (C=O) groups is 1. The van der Waals surface area contributed by atoms with Crippen molar-refractivity contribution in [3.63, 3.8) is 0 Å². The third kappa shape index (κ3) is 2.27. The molecule has 2 aromatic heterocycles. The van der Waals surface area contributed by atoms with Crippen molar-refractivity contribution < 1.29 is 14.4 Å². The van der Waals surface area contributed by atoms with Crippen molar-refractivity contribution in [2.24, 2.45) is 5.92 Å². The molecule has 2 aromatic rings. The molecular formula is C14H17N3O3. The van der Waals surface area contributed by atoms with Gasteiger partial charge in [-0.15, -0.1) is 0 Å². The van der Waals surface area contributed by atoms with E-state index in [2.05, 4.69) is 10.1 Å². The van der Waals surface area contributed by atoms with Gasteiger partial charge in [-0.1, -0.05) is 5.16 Å². The van der Waals surface area contributed by atoms with Crippen molar-refractivity contribution in [2.45, 2.75) is 19.8 Å². The standard InChI is InChI=1S/C14H17N3O3/c1-9-12-6-11(7-15-13(12)20-16-9)14(19)17-4-2-10(8-18)3-5-17/h6-7,10,18H,2-5,8H2,1H3. The molecular weight excluding hydrogens is 258 g/mol. The molecule has 0 saturated carbocycles. The normalized spacial score (nSPS) is 16.8. The molecule has 1 N–H and O–H groups in total. The molecule has 6 nitrogen and oxygen atoms in total. The Kier molecular flexibility index (Phi) is 3.40. The Balaban J connectivity index is 1.80. The Morgan fingerprint density at radius 2 is 2.25 bits per heavy atom. The number of aliphatic hydroxyl groups excluding tert-OH is 1. The molecule has 6 heteroatoms. The summed E-state index contributed by atoms with van der Waals surface area (Å²) in [4.78, 5) is 18.4. The van der Waals surface area contributed by atoms with E-state index in [0.29, 0.717) is 30.3 Å². The second kappa shape index (κ2) is 5.20. The van der Waals surface area contributed by atoms with E-state index < -0.39 is 0 Å². The van der Waals surface area contributed by atoms with Crippen LogP contribution in [0.3, 0.4) is 0 Å². The van der Waals surface area contributed by atoms with E-state index in [1.54, 1.807) is 6.07 Å². The summed E-state index contributed by atoms with van der Waals surface area (Å²) < 4.78 is 5.04. The van der Waals surface area contributed by atoms with E-state index >= 15 is 0 Å². The van der Waals surface area contributed by atoms with Crippen LogP contribution in [-0.2, 0) is 0 Å². The van der Waals surface area contributed by atoms with E-state index in [9.17, 15) is 4.79 Å². The zero-order chi connectivity index (χ0) is 14.1. The van der Waals surface area contributed by atoms with Crippen molar-refractivity contribution in [1.82, 2.24) is 15.0 Å². The lowest BCUT2D eigenvalue weighted by Crippen LogP contribution is -2.39. The minimum Gasteiger partial charge on any atom is -0.396 e. The molecule has 0 aromatic carbocycles. The molecule has 3 heterocycles. The number of amides is 1. The average Bonchev–Trinajstić information content (AvgIpc) is 2.87. The van der Waals surface area contributed by atoms with Gasteiger partial charge in [0.2, 0.25) is 0 Å². The van der Waals surface area contributed by atoms with Gasteiger partial charge in [0.05, 0.1) is 16.6 Å². The van der Waals surface area contributed by atoms with Crippen LogP contribution < -0.4 is 0 Å². The minimum atomic E-state index is -0.0172. The molecule has 0 aliphatic carbocycles. The molecule has 3 rings (SSSR count). The highest BCUT2D eigenvalue weighted by Gasteiger charge is 2.24. The lowest BCUT2D eigenvalue weighted by molar-refractivity contribution is 0.0650. The average molecular weight is 275 g/mol. The van der Waals surface area contributed by atoms with Gasteiger partial charge >= 0.3 is 0 Å². The molecule has 1 fully saturated rings. The number of fused-ring (bicyclic) bond motifs is 1. The van der Waals surface area contributed by atoms with E-state index in [4.69, 9.17) is 9.63 Å². The Morgan fingerprint density at radius 3 is 2.95 bits per heavy atom. The number of carbonyl (C=O) groups excluding carboxylic acids is 1. The quantitative estimate of drug-likeness (QED) is 0.895. The Labute approximate surface area is 116 Å². The summed E-state index contributed by atoms with van der Waals surface area (Å²) in [7, 11) is 0. The van der Waals surface area contributed by atoms with Crippen LogP contribution in [0, 0.1) is 12.8 Å². The summed E-state index contributed by atoms with van der Waals surface area (Å²) in [5.74, 6) is 0.302. The third-order valence-corrected chi connectivity index (χ3v) is 3.92. The lowest BCUT2D eigenvalue weighted by atomic mass is 9.97. The molecule has 106 valence electrons. The first-order valence-electron chi connectivity index (χ1n) is 6.81. The van der Waals surface area contributed by atoms with Crippen LogP contribution >= 0.6 is 0 Å². The number of aryl methyl sites for hydroxylation is 1. The van der Waals surface area contributed by atoms with E-state index in [1.165, 1.54) is 6.20 Å². The Hall–Kier alpha value is -1.95. The molecule has 0 atom stereocenters. The fraction of sp³-hybridized carbons (Fsp3) is 0.500. The zero-order valence-corrected chi connectivity index (χ0v) is 11.4. The first-order valence-corrected chi connectivity index (χ1v) is 6.81. The number of pyridine rings is 1. The van der Waals surface area contributed by atoms with Crippen LogP contribution in [0.4, 0.5) is 0 Å². The fourth-order valence-electron chi connectivity index (χ4n) is 2.56. The number of aliphatic hydroxyl groups is 1. The van der Waals surface area contributed by atoms with Gasteiger partial charge in [-0.2, -0.15) is 0 Å². The number of nitrogens with zero attached hydrogens (tertiary/aromatic N) is 3. The molecule has 1 amide bonds. The van der Waals surface area contributed by atoms with Crippen molar-refractivity contribution in [3.8, 4) is 0 Å². The molecule has 0 radical (unpaired) electrons. The van der Waals surface area contributed by atoms with Crippen molar-refractivity contribution in [1.29, 1.82) is 0 Å². The van der Waals surface area contributed by atoms with E-state index in [1.807, 2.05) is 11.8 Å². The number of rotatable bonds is 2. The summed E-state index contributed by atoms with van der Waals surface area (Å²) in [5, 5.41) is 13.7. The molecule has 1 aliphatic heterocycles. The van der Waals surface area contributed by atoms with Gasteiger partial charge in [-0.05, 0) is 31.7 Å². The summed E-state index contributed by atoms with van der Waals surface area (Å²) in [5.41, 5.74) is 1.76. The van der Waals surface area contributed by atoms with E-state index in [-0.39, 0.29) is 12.5 Å². The Morgan fingerprint density at radius 1 is 1.50 bits per heavy atom. The van der Waals surface area contributed by atoms with E-state index in [0.717, 1.165) is 23.9 Å². The van der Waals surface area contributed by atoms with Gasteiger partial charge in [0.1, 0.15) is 0 Å². The molecule has 1 saturated heterocycles. The molecule has 1 aliphatic rings. The first-order chi connectivity index (χ1) is 9.69. The van der Waals surface area contributed by atoms with Gasteiger partial charge in [0.25, 0.3) is 11.6 Å². The maximum absolute atomic E-state index is 12.4. The highest BCUT2D eigenvalue weighted by atomic mass is 16.5. The molecule has 20 heavy (non-hydrogen) atoms. The second-order valence-corrected chi connectivity index (χ2v) is 5.26. The van der Waals surface area contributed by atoms with Gasteiger partial charge < -0.3 is 14.5 Å². The summed E-state index contributed by atoms with van der Waals surface area (Å²) in [6.07, 6.45) is 3.24. The predicted molar refractivity (Wildman–Crippen MR) is 72.3 cm³/mol. The van der Waals surface area contributed by atoms with Crippen LogP contribution in [0.15, 0.2) is 16.8 Å². The summed E-state index contributed by atoms with van der Waals surface area (Å²) in [6, 6.07) is 1.79. The maximum Gasteiger partial charge on any atom is 0.257 e. The Bertz CT molecular complexity index is 630. The van der Waals surface area contributed by atoms with Crippen molar-refractivity contribution >= 4 is 17.0 Å². The molecule has 0 spiro atoms. The van der Waals surface area contributed by atoms with Crippen molar-refractivity contribution in [2.75, 3.05) is 19.7 Å².